The molecule has 4 nitrogen and oxygen atoms in total. The van der Waals surface area contributed by atoms with E-state index in [1.165, 1.54) is 16.3 Å². The molecule has 3 rings (SSSR count). The maximum absolute atomic E-state index is 9.30. The van der Waals surface area contributed by atoms with E-state index >= 15 is 0 Å². The number of hydrogen-bond acceptors (Lipinski definition) is 4. The van der Waals surface area contributed by atoms with Gasteiger partial charge in [-0.05, 0) is 29.3 Å². The summed E-state index contributed by atoms with van der Waals surface area (Å²) in [7, 11) is 0. The van der Waals surface area contributed by atoms with Gasteiger partial charge in [-0.25, -0.2) is 0 Å². The van der Waals surface area contributed by atoms with E-state index in [1.807, 2.05) is 18.2 Å². The standard InChI is InChI=1S/C23H28N2O2.ClH/c1-18(26)15-24-13-14-25-16-22-21-10-6-5-9-20(21)11-12-23(22)27-17-19-7-3-2-4-8-19;/h2-12,18,24-26H,13-17H2,1H3;1H/p-1. The zero-order valence-electron chi connectivity index (χ0n) is 16.2. The van der Waals surface area contributed by atoms with Crippen LogP contribution in [-0.2, 0) is 13.2 Å². The van der Waals surface area contributed by atoms with Gasteiger partial charge in [0, 0.05) is 31.7 Å². The highest BCUT2D eigenvalue weighted by molar-refractivity contribution is 5.87. The van der Waals surface area contributed by atoms with Crippen LogP contribution in [0.15, 0.2) is 66.7 Å². The number of fused-ring (bicyclic) bond motifs is 1. The molecule has 0 aliphatic carbocycles. The van der Waals surface area contributed by atoms with Gasteiger partial charge < -0.3 is 32.9 Å². The van der Waals surface area contributed by atoms with Crippen LogP contribution in [0.4, 0.5) is 0 Å². The van der Waals surface area contributed by atoms with Crippen LogP contribution in [-0.4, -0.2) is 30.8 Å². The Kier molecular flexibility index (Phi) is 9.24. The van der Waals surface area contributed by atoms with Crippen molar-refractivity contribution in [3.8, 4) is 5.75 Å². The Morgan fingerprint density at radius 1 is 0.893 bits per heavy atom. The molecule has 0 saturated heterocycles. The van der Waals surface area contributed by atoms with Crippen molar-refractivity contribution in [2.45, 2.75) is 26.2 Å². The largest absolute Gasteiger partial charge is 1.00 e. The van der Waals surface area contributed by atoms with Crippen LogP contribution in [0.3, 0.4) is 0 Å². The van der Waals surface area contributed by atoms with E-state index in [1.54, 1.807) is 6.92 Å². The molecule has 0 bridgehead atoms. The summed E-state index contributed by atoms with van der Waals surface area (Å²) >= 11 is 0. The van der Waals surface area contributed by atoms with Crippen molar-refractivity contribution < 1.29 is 22.3 Å². The molecule has 1 atom stereocenters. The molecule has 0 amide bonds. The molecule has 150 valence electrons. The number of rotatable bonds is 10. The van der Waals surface area contributed by atoms with Crippen molar-refractivity contribution in [3.05, 3.63) is 77.9 Å². The topological polar surface area (TPSA) is 53.5 Å². The Hall–Kier alpha value is -2.11. The third-order valence-corrected chi connectivity index (χ3v) is 4.45. The van der Waals surface area contributed by atoms with E-state index in [4.69, 9.17) is 4.74 Å². The van der Waals surface area contributed by atoms with Crippen LogP contribution in [0.5, 0.6) is 5.75 Å². The first-order valence-corrected chi connectivity index (χ1v) is 9.51. The van der Waals surface area contributed by atoms with E-state index in [2.05, 4.69) is 59.2 Å². The van der Waals surface area contributed by atoms with Gasteiger partial charge in [-0.3, -0.25) is 0 Å². The Bertz CT molecular complexity index is 840. The summed E-state index contributed by atoms with van der Waals surface area (Å²) in [6, 6.07) is 22.8. The van der Waals surface area contributed by atoms with Crippen LogP contribution in [0, 0.1) is 0 Å². The monoisotopic (exact) mass is 399 g/mol. The number of nitrogens with one attached hydrogen (secondary N) is 2. The second-order valence-electron chi connectivity index (χ2n) is 6.77. The molecular weight excluding hydrogens is 372 g/mol. The highest BCUT2D eigenvalue weighted by atomic mass is 35.5. The van der Waals surface area contributed by atoms with E-state index in [0.717, 1.165) is 30.9 Å². The lowest BCUT2D eigenvalue weighted by atomic mass is 10.0. The summed E-state index contributed by atoms with van der Waals surface area (Å²) in [4.78, 5) is 0. The molecule has 5 heteroatoms. The van der Waals surface area contributed by atoms with Gasteiger partial charge in [-0.2, -0.15) is 0 Å². The average molecular weight is 400 g/mol. The summed E-state index contributed by atoms with van der Waals surface area (Å²) in [5, 5.41) is 18.4. The van der Waals surface area contributed by atoms with Crippen LogP contribution >= 0.6 is 0 Å². The minimum absolute atomic E-state index is 0. The summed E-state index contributed by atoms with van der Waals surface area (Å²) in [6.07, 6.45) is -0.318. The minimum Gasteiger partial charge on any atom is -1.00 e. The summed E-state index contributed by atoms with van der Waals surface area (Å²) in [6.45, 7) is 5.34. The molecule has 28 heavy (non-hydrogen) atoms. The van der Waals surface area contributed by atoms with Gasteiger partial charge in [-0.15, -0.1) is 0 Å². The van der Waals surface area contributed by atoms with Gasteiger partial charge in [-0.1, -0.05) is 60.7 Å². The average Bonchev–Trinajstić information content (AvgIpc) is 2.70. The normalized spacial score (nSPS) is 11.8. The molecule has 0 aliphatic rings. The van der Waals surface area contributed by atoms with E-state index in [9.17, 15) is 5.11 Å². The lowest BCUT2D eigenvalue weighted by Crippen LogP contribution is -3.00. The summed E-state index contributed by atoms with van der Waals surface area (Å²) in [5.41, 5.74) is 2.34. The highest BCUT2D eigenvalue weighted by Crippen LogP contribution is 2.28. The molecular formula is C23H28ClN2O2-. The van der Waals surface area contributed by atoms with Crippen molar-refractivity contribution in [3.63, 3.8) is 0 Å². The zero-order valence-corrected chi connectivity index (χ0v) is 17.0. The third-order valence-electron chi connectivity index (χ3n) is 4.45. The number of halogens is 1. The number of hydrogen-bond donors (Lipinski definition) is 3. The molecule has 3 aromatic carbocycles. The van der Waals surface area contributed by atoms with Crippen LogP contribution in [0.1, 0.15) is 18.1 Å². The first kappa shape index (κ1) is 22.2. The lowest BCUT2D eigenvalue weighted by molar-refractivity contribution is -0.00000797. The Morgan fingerprint density at radius 3 is 2.39 bits per heavy atom. The Labute approximate surface area is 173 Å². The molecule has 0 radical (unpaired) electrons. The minimum atomic E-state index is -0.318. The van der Waals surface area contributed by atoms with E-state index < -0.39 is 0 Å². The molecule has 0 saturated carbocycles. The maximum Gasteiger partial charge on any atom is 0.124 e. The van der Waals surface area contributed by atoms with Gasteiger partial charge in [0.25, 0.3) is 0 Å². The van der Waals surface area contributed by atoms with Crippen LogP contribution < -0.4 is 27.8 Å². The Balaban J connectivity index is 0.00000280. The molecule has 3 aromatic rings. The smallest absolute Gasteiger partial charge is 0.124 e. The molecule has 0 heterocycles. The molecule has 0 spiro atoms. The second kappa shape index (κ2) is 11.7. The van der Waals surface area contributed by atoms with Gasteiger partial charge >= 0.3 is 0 Å². The fourth-order valence-corrected chi connectivity index (χ4v) is 3.07. The lowest BCUT2D eigenvalue weighted by Gasteiger charge is -2.15. The number of aliphatic hydroxyl groups is 1. The molecule has 0 aliphatic heterocycles. The van der Waals surface area contributed by atoms with Crippen LogP contribution in [0.25, 0.3) is 10.8 Å². The third kappa shape index (κ3) is 6.50. The summed E-state index contributed by atoms with van der Waals surface area (Å²) < 4.78 is 6.15. The van der Waals surface area contributed by atoms with Crippen molar-refractivity contribution >= 4 is 10.8 Å². The quantitative estimate of drug-likeness (QED) is 0.434. The zero-order chi connectivity index (χ0) is 18.9. The summed E-state index contributed by atoms with van der Waals surface area (Å²) in [5.74, 6) is 0.919. The SMILES string of the molecule is CC(O)CNCCNCc1c(OCc2ccccc2)ccc2ccccc12.[Cl-]. The Morgan fingerprint density at radius 2 is 1.61 bits per heavy atom. The van der Waals surface area contributed by atoms with Crippen molar-refractivity contribution in [2.75, 3.05) is 19.6 Å². The van der Waals surface area contributed by atoms with Crippen molar-refractivity contribution in [2.24, 2.45) is 0 Å². The van der Waals surface area contributed by atoms with Gasteiger partial charge in [0.1, 0.15) is 12.4 Å². The number of benzene rings is 3. The number of ether oxygens (including phenoxy) is 1. The molecule has 3 N–H and O–H groups in total. The van der Waals surface area contributed by atoms with Gasteiger partial charge in [0.2, 0.25) is 0 Å². The van der Waals surface area contributed by atoms with Crippen LogP contribution in [0.2, 0.25) is 0 Å². The highest BCUT2D eigenvalue weighted by Gasteiger charge is 2.09. The molecule has 0 fully saturated rings. The van der Waals surface area contributed by atoms with Gasteiger partial charge in [0.15, 0.2) is 0 Å². The molecule has 0 aromatic heterocycles. The first-order chi connectivity index (χ1) is 13.2. The van der Waals surface area contributed by atoms with Crippen molar-refractivity contribution in [1.29, 1.82) is 0 Å². The second-order valence-corrected chi connectivity index (χ2v) is 6.77. The van der Waals surface area contributed by atoms with Gasteiger partial charge in [0.05, 0.1) is 6.10 Å². The molecule has 1 unspecified atom stereocenters. The maximum atomic E-state index is 9.30. The first-order valence-electron chi connectivity index (χ1n) is 9.51. The van der Waals surface area contributed by atoms with Crippen molar-refractivity contribution in [1.82, 2.24) is 10.6 Å². The predicted octanol–water partition coefficient (Wildman–Crippen LogP) is 0.483. The predicted molar refractivity (Wildman–Crippen MR) is 111 cm³/mol. The fraction of sp³-hybridized carbons (Fsp3) is 0.304. The van der Waals surface area contributed by atoms with E-state index in [-0.39, 0.29) is 18.5 Å². The number of aliphatic hydroxyl groups excluding tert-OH is 1. The fourth-order valence-electron chi connectivity index (χ4n) is 3.07. The van der Waals surface area contributed by atoms with E-state index in [0.29, 0.717) is 13.2 Å².